The first kappa shape index (κ1) is 14.3. The van der Waals surface area contributed by atoms with Gasteiger partial charge in [-0.1, -0.05) is 11.6 Å². The number of ketones is 1. The van der Waals surface area contributed by atoms with Gasteiger partial charge in [0.2, 0.25) is 0 Å². The first-order valence-electron chi connectivity index (χ1n) is 6.59. The van der Waals surface area contributed by atoms with Gasteiger partial charge in [-0.2, -0.15) is 0 Å². The van der Waals surface area contributed by atoms with Gasteiger partial charge in [0, 0.05) is 31.7 Å². The van der Waals surface area contributed by atoms with Crippen LogP contribution in [0.5, 0.6) is 5.75 Å². The average molecular weight is 283 g/mol. The number of carbonyl (C=O) groups is 1. The summed E-state index contributed by atoms with van der Waals surface area (Å²) < 4.78 is 5.36. The van der Waals surface area contributed by atoms with E-state index in [0.717, 1.165) is 26.2 Å². The molecule has 1 aromatic rings. The predicted molar refractivity (Wildman–Crippen MR) is 76.3 cm³/mol. The summed E-state index contributed by atoms with van der Waals surface area (Å²) in [6.45, 7) is 6.63. The van der Waals surface area contributed by atoms with E-state index in [0.29, 0.717) is 29.5 Å². The van der Waals surface area contributed by atoms with Gasteiger partial charge in [-0.05, 0) is 25.1 Å². The predicted octanol–water partition coefficient (Wildman–Crippen LogP) is 1.83. The highest BCUT2D eigenvalue weighted by molar-refractivity contribution is 6.32. The van der Waals surface area contributed by atoms with Crippen LogP contribution in [0.25, 0.3) is 0 Å². The zero-order chi connectivity index (χ0) is 13.7. The third kappa shape index (κ3) is 3.93. The van der Waals surface area contributed by atoms with Crippen molar-refractivity contribution in [2.45, 2.75) is 6.92 Å². The van der Waals surface area contributed by atoms with E-state index in [-0.39, 0.29) is 5.78 Å². The zero-order valence-electron chi connectivity index (χ0n) is 11.1. The van der Waals surface area contributed by atoms with Crippen LogP contribution >= 0.6 is 11.6 Å². The molecule has 0 radical (unpaired) electrons. The molecule has 0 saturated carbocycles. The Morgan fingerprint density at radius 2 is 2.16 bits per heavy atom. The molecule has 0 unspecified atom stereocenters. The molecule has 1 fully saturated rings. The Morgan fingerprint density at radius 3 is 2.79 bits per heavy atom. The second-order valence-electron chi connectivity index (χ2n) is 4.53. The Kier molecular flexibility index (Phi) is 5.19. The molecule has 0 amide bonds. The summed E-state index contributed by atoms with van der Waals surface area (Å²) in [6.07, 6.45) is 0. The Labute approximate surface area is 118 Å². The molecule has 0 aromatic heterocycles. The summed E-state index contributed by atoms with van der Waals surface area (Å²) in [7, 11) is 0. The molecular weight excluding hydrogens is 264 g/mol. The number of nitrogens with zero attached hydrogens (tertiary/aromatic N) is 1. The molecule has 0 spiro atoms. The van der Waals surface area contributed by atoms with Crippen LogP contribution in [-0.2, 0) is 0 Å². The van der Waals surface area contributed by atoms with Gasteiger partial charge in [0.05, 0.1) is 18.2 Å². The average Bonchev–Trinajstić information content (AvgIpc) is 2.42. The molecule has 104 valence electrons. The van der Waals surface area contributed by atoms with Gasteiger partial charge in [0.25, 0.3) is 0 Å². The van der Waals surface area contributed by atoms with Crippen LogP contribution in [-0.4, -0.2) is 50.0 Å². The molecule has 4 nitrogen and oxygen atoms in total. The Bertz CT molecular complexity index is 445. The van der Waals surface area contributed by atoms with Crippen molar-refractivity contribution in [2.75, 3.05) is 39.3 Å². The lowest BCUT2D eigenvalue weighted by Gasteiger charge is -2.26. The highest BCUT2D eigenvalue weighted by atomic mass is 35.5. The van der Waals surface area contributed by atoms with Crippen LogP contribution in [0, 0.1) is 0 Å². The summed E-state index contributed by atoms with van der Waals surface area (Å²) in [4.78, 5) is 14.3. The van der Waals surface area contributed by atoms with Crippen molar-refractivity contribution in [1.29, 1.82) is 0 Å². The number of piperazine rings is 1. The molecule has 1 aromatic carbocycles. The van der Waals surface area contributed by atoms with Crippen LogP contribution in [0.4, 0.5) is 0 Å². The van der Waals surface area contributed by atoms with Crippen molar-refractivity contribution in [1.82, 2.24) is 10.2 Å². The number of hydrogen-bond acceptors (Lipinski definition) is 4. The van der Waals surface area contributed by atoms with Crippen molar-refractivity contribution in [3.8, 4) is 5.75 Å². The highest BCUT2D eigenvalue weighted by Gasteiger charge is 2.15. The van der Waals surface area contributed by atoms with E-state index in [1.807, 2.05) is 6.92 Å². The van der Waals surface area contributed by atoms with E-state index in [2.05, 4.69) is 10.2 Å². The Hall–Kier alpha value is -1.10. The molecule has 2 rings (SSSR count). The van der Waals surface area contributed by atoms with Crippen LogP contribution in [0.1, 0.15) is 17.3 Å². The maximum absolute atomic E-state index is 12.2. The Balaban J connectivity index is 2.00. The van der Waals surface area contributed by atoms with Gasteiger partial charge in [0.15, 0.2) is 5.78 Å². The van der Waals surface area contributed by atoms with E-state index >= 15 is 0 Å². The standard InChI is InChI=1S/C14H19ClN2O2/c1-2-19-14-4-3-11(9-12(14)15)13(18)10-17-7-5-16-6-8-17/h3-4,9,16H,2,5-8,10H2,1H3. The number of halogens is 1. The number of carbonyl (C=O) groups excluding carboxylic acids is 1. The zero-order valence-corrected chi connectivity index (χ0v) is 11.9. The molecule has 5 heteroatoms. The molecular formula is C14H19ClN2O2. The Morgan fingerprint density at radius 1 is 1.42 bits per heavy atom. The van der Waals surface area contributed by atoms with Crippen LogP contribution in [0.3, 0.4) is 0 Å². The molecule has 0 aliphatic carbocycles. The van der Waals surface area contributed by atoms with E-state index < -0.39 is 0 Å². The molecule has 19 heavy (non-hydrogen) atoms. The van der Waals surface area contributed by atoms with Gasteiger partial charge in [-0.3, -0.25) is 9.69 Å². The van der Waals surface area contributed by atoms with Crippen molar-refractivity contribution in [3.05, 3.63) is 28.8 Å². The first-order chi connectivity index (χ1) is 9.20. The quantitative estimate of drug-likeness (QED) is 0.837. The third-order valence-corrected chi connectivity index (χ3v) is 3.43. The second-order valence-corrected chi connectivity index (χ2v) is 4.93. The van der Waals surface area contributed by atoms with Gasteiger partial charge in [-0.25, -0.2) is 0 Å². The number of benzene rings is 1. The van der Waals surface area contributed by atoms with E-state index in [9.17, 15) is 4.79 Å². The molecule has 1 aliphatic rings. The monoisotopic (exact) mass is 282 g/mol. The normalized spacial score (nSPS) is 16.3. The van der Waals surface area contributed by atoms with Gasteiger partial charge >= 0.3 is 0 Å². The number of rotatable bonds is 5. The summed E-state index contributed by atoms with van der Waals surface area (Å²) >= 11 is 6.09. The molecule has 1 saturated heterocycles. The molecule has 0 atom stereocenters. The molecule has 1 aliphatic heterocycles. The van der Waals surface area contributed by atoms with Crippen molar-refractivity contribution in [2.24, 2.45) is 0 Å². The van der Waals surface area contributed by atoms with E-state index in [4.69, 9.17) is 16.3 Å². The van der Waals surface area contributed by atoms with E-state index in [1.54, 1.807) is 18.2 Å². The van der Waals surface area contributed by atoms with Gasteiger partial charge in [0.1, 0.15) is 5.75 Å². The van der Waals surface area contributed by atoms with Crippen molar-refractivity contribution >= 4 is 17.4 Å². The number of Topliss-reactive ketones (excluding diaryl/α,β-unsaturated/α-hetero) is 1. The van der Waals surface area contributed by atoms with Crippen molar-refractivity contribution < 1.29 is 9.53 Å². The van der Waals surface area contributed by atoms with Crippen molar-refractivity contribution in [3.63, 3.8) is 0 Å². The summed E-state index contributed by atoms with van der Waals surface area (Å²) in [5.41, 5.74) is 0.645. The lowest BCUT2D eigenvalue weighted by molar-refractivity contribution is 0.0921. The molecule has 1 N–H and O–H groups in total. The molecule has 0 bridgehead atoms. The lowest BCUT2D eigenvalue weighted by atomic mass is 10.1. The minimum atomic E-state index is 0.104. The minimum absolute atomic E-state index is 0.104. The number of ether oxygens (including phenoxy) is 1. The highest BCUT2D eigenvalue weighted by Crippen LogP contribution is 2.25. The summed E-state index contributed by atoms with van der Waals surface area (Å²) in [6, 6.07) is 5.23. The van der Waals surface area contributed by atoms with Crippen LogP contribution in [0.15, 0.2) is 18.2 Å². The maximum atomic E-state index is 12.2. The smallest absolute Gasteiger partial charge is 0.176 e. The second kappa shape index (κ2) is 6.89. The summed E-state index contributed by atoms with van der Waals surface area (Å²) in [5, 5.41) is 3.76. The van der Waals surface area contributed by atoms with Gasteiger partial charge in [-0.15, -0.1) is 0 Å². The van der Waals surface area contributed by atoms with E-state index in [1.165, 1.54) is 0 Å². The van der Waals surface area contributed by atoms with Gasteiger partial charge < -0.3 is 10.1 Å². The number of hydrogen-bond donors (Lipinski definition) is 1. The maximum Gasteiger partial charge on any atom is 0.176 e. The van der Waals surface area contributed by atoms with Crippen LogP contribution < -0.4 is 10.1 Å². The fourth-order valence-corrected chi connectivity index (χ4v) is 2.35. The van der Waals surface area contributed by atoms with Crippen LogP contribution in [0.2, 0.25) is 5.02 Å². The SMILES string of the molecule is CCOc1ccc(C(=O)CN2CCNCC2)cc1Cl. The molecule has 1 heterocycles. The third-order valence-electron chi connectivity index (χ3n) is 3.13. The largest absolute Gasteiger partial charge is 0.492 e. The lowest BCUT2D eigenvalue weighted by Crippen LogP contribution is -2.45. The fraction of sp³-hybridized carbons (Fsp3) is 0.500. The minimum Gasteiger partial charge on any atom is -0.492 e. The topological polar surface area (TPSA) is 41.6 Å². The number of nitrogens with one attached hydrogen (secondary N) is 1. The first-order valence-corrected chi connectivity index (χ1v) is 6.97. The summed E-state index contributed by atoms with van der Waals surface area (Å²) in [5.74, 6) is 0.731. The fourth-order valence-electron chi connectivity index (χ4n) is 2.11.